The first-order valence-electron chi connectivity index (χ1n) is 9.48. The highest BCUT2D eigenvalue weighted by Gasteiger charge is 2.52. The standard InChI is InChI=1S/C19H25N3O5S/c1-11(2)8-12-15(16(25)27-3)21-18(28-12)20-13(23)10-22-14(24)9-19(17(22)26)6-4-5-7-19/h11H,4-10H2,1-3H3,(H,20,21,23). The summed E-state index contributed by atoms with van der Waals surface area (Å²) < 4.78 is 4.76. The third kappa shape index (κ3) is 3.94. The van der Waals surface area contributed by atoms with Gasteiger partial charge in [-0.3, -0.25) is 19.3 Å². The van der Waals surface area contributed by atoms with Gasteiger partial charge in [-0.15, -0.1) is 11.3 Å². The number of hydrogen-bond acceptors (Lipinski definition) is 7. The fourth-order valence-corrected chi connectivity index (χ4v) is 5.11. The maximum Gasteiger partial charge on any atom is 0.357 e. The van der Waals surface area contributed by atoms with Crippen molar-refractivity contribution in [3.05, 3.63) is 10.6 Å². The summed E-state index contributed by atoms with van der Waals surface area (Å²) in [6, 6.07) is 0. The van der Waals surface area contributed by atoms with Gasteiger partial charge in [-0.05, 0) is 25.2 Å². The first-order chi connectivity index (χ1) is 13.3. The van der Waals surface area contributed by atoms with Crippen molar-refractivity contribution in [3.8, 4) is 0 Å². The maximum atomic E-state index is 12.7. The van der Waals surface area contributed by atoms with Crippen molar-refractivity contribution >= 4 is 40.2 Å². The molecule has 1 N–H and O–H groups in total. The number of methoxy groups -OCH3 is 1. The second kappa shape index (κ2) is 7.98. The molecule has 0 atom stereocenters. The summed E-state index contributed by atoms with van der Waals surface area (Å²) >= 11 is 1.21. The molecular formula is C19H25N3O5S. The number of imide groups is 1. The molecule has 2 aliphatic rings. The average Bonchev–Trinajstić information content (AvgIpc) is 3.30. The van der Waals surface area contributed by atoms with Crippen LogP contribution in [0.25, 0.3) is 0 Å². The van der Waals surface area contributed by atoms with Crippen LogP contribution in [0, 0.1) is 11.3 Å². The molecule has 2 heterocycles. The number of rotatable bonds is 6. The van der Waals surface area contributed by atoms with E-state index in [0.717, 1.165) is 22.6 Å². The van der Waals surface area contributed by atoms with Crippen molar-refractivity contribution in [1.82, 2.24) is 9.88 Å². The summed E-state index contributed by atoms with van der Waals surface area (Å²) in [7, 11) is 1.28. The van der Waals surface area contributed by atoms with Crippen molar-refractivity contribution in [2.75, 3.05) is 19.0 Å². The predicted molar refractivity (Wildman–Crippen MR) is 103 cm³/mol. The highest BCUT2D eigenvalue weighted by atomic mass is 32.1. The number of anilines is 1. The van der Waals surface area contributed by atoms with Crippen molar-refractivity contribution in [3.63, 3.8) is 0 Å². The third-order valence-corrected chi connectivity index (χ3v) is 6.26. The Kier molecular flexibility index (Phi) is 5.83. The molecule has 1 saturated heterocycles. The average molecular weight is 407 g/mol. The van der Waals surface area contributed by atoms with Gasteiger partial charge in [0.25, 0.3) is 0 Å². The normalized spacial score (nSPS) is 18.4. The zero-order valence-corrected chi connectivity index (χ0v) is 17.2. The molecule has 0 aromatic carbocycles. The molecule has 0 radical (unpaired) electrons. The summed E-state index contributed by atoms with van der Waals surface area (Å²) in [6.45, 7) is 3.71. The van der Waals surface area contributed by atoms with Gasteiger partial charge < -0.3 is 10.1 Å². The van der Waals surface area contributed by atoms with Gasteiger partial charge >= 0.3 is 5.97 Å². The lowest BCUT2D eigenvalue weighted by Crippen LogP contribution is -2.39. The van der Waals surface area contributed by atoms with E-state index >= 15 is 0 Å². The molecular weight excluding hydrogens is 382 g/mol. The van der Waals surface area contributed by atoms with Gasteiger partial charge in [0, 0.05) is 11.3 Å². The number of likely N-dealkylation sites (tertiary alicyclic amines) is 1. The predicted octanol–water partition coefficient (Wildman–Crippen LogP) is 2.39. The van der Waals surface area contributed by atoms with E-state index in [9.17, 15) is 19.2 Å². The minimum Gasteiger partial charge on any atom is -0.464 e. The summed E-state index contributed by atoms with van der Waals surface area (Å²) in [6.07, 6.45) is 4.12. The molecule has 9 heteroatoms. The van der Waals surface area contributed by atoms with Gasteiger partial charge in [0.15, 0.2) is 10.8 Å². The molecule has 0 bridgehead atoms. The fourth-order valence-electron chi connectivity index (χ4n) is 3.94. The highest BCUT2D eigenvalue weighted by molar-refractivity contribution is 7.16. The molecule has 1 saturated carbocycles. The molecule has 0 unspecified atom stereocenters. The van der Waals surface area contributed by atoms with E-state index in [4.69, 9.17) is 4.74 Å². The highest BCUT2D eigenvalue weighted by Crippen LogP contribution is 2.46. The Morgan fingerprint density at radius 3 is 2.57 bits per heavy atom. The Hall–Kier alpha value is -2.29. The molecule has 1 aliphatic heterocycles. The van der Waals surface area contributed by atoms with Crippen LogP contribution < -0.4 is 5.32 Å². The zero-order valence-electron chi connectivity index (χ0n) is 16.4. The number of ether oxygens (including phenoxy) is 1. The Bertz CT molecular complexity index is 810. The quantitative estimate of drug-likeness (QED) is 0.573. The fraction of sp³-hybridized carbons (Fsp3) is 0.632. The molecule has 1 aromatic heterocycles. The van der Waals surface area contributed by atoms with Gasteiger partial charge in [0.05, 0.1) is 12.5 Å². The Morgan fingerprint density at radius 2 is 1.96 bits per heavy atom. The Morgan fingerprint density at radius 1 is 1.29 bits per heavy atom. The first kappa shape index (κ1) is 20.4. The van der Waals surface area contributed by atoms with Crippen LogP contribution in [0.2, 0.25) is 0 Å². The molecule has 1 aromatic rings. The number of thiazole rings is 1. The van der Waals surface area contributed by atoms with E-state index < -0.39 is 17.3 Å². The van der Waals surface area contributed by atoms with Gasteiger partial charge in [-0.25, -0.2) is 9.78 Å². The van der Waals surface area contributed by atoms with Crippen LogP contribution in [-0.2, 0) is 25.5 Å². The monoisotopic (exact) mass is 407 g/mol. The lowest BCUT2D eigenvalue weighted by molar-refractivity contribution is -0.143. The summed E-state index contributed by atoms with van der Waals surface area (Å²) in [5.74, 6) is -1.29. The Labute approximate surface area is 167 Å². The van der Waals surface area contributed by atoms with Crippen molar-refractivity contribution in [2.24, 2.45) is 11.3 Å². The largest absolute Gasteiger partial charge is 0.464 e. The number of carbonyl (C=O) groups is 4. The van der Waals surface area contributed by atoms with Crippen LogP contribution in [-0.4, -0.2) is 47.2 Å². The van der Waals surface area contributed by atoms with Gasteiger partial charge in [-0.1, -0.05) is 26.7 Å². The van der Waals surface area contributed by atoms with E-state index in [1.165, 1.54) is 18.4 Å². The molecule has 1 aliphatic carbocycles. The van der Waals surface area contributed by atoms with E-state index in [-0.39, 0.29) is 35.6 Å². The van der Waals surface area contributed by atoms with Crippen LogP contribution in [0.4, 0.5) is 5.13 Å². The molecule has 2 fully saturated rings. The molecule has 1 spiro atoms. The van der Waals surface area contributed by atoms with E-state index in [1.54, 1.807) is 0 Å². The summed E-state index contributed by atoms with van der Waals surface area (Å²) in [5, 5.41) is 2.88. The van der Waals surface area contributed by atoms with Crippen LogP contribution >= 0.6 is 11.3 Å². The van der Waals surface area contributed by atoms with Crippen molar-refractivity contribution in [2.45, 2.75) is 52.4 Å². The third-order valence-electron chi connectivity index (χ3n) is 5.27. The lowest BCUT2D eigenvalue weighted by Gasteiger charge is -2.20. The number of nitrogens with one attached hydrogen (secondary N) is 1. The first-order valence-corrected chi connectivity index (χ1v) is 10.3. The number of nitrogens with zero attached hydrogens (tertiary/aromatic N) is 2. The van der Waals surface area contributed by atoms with E-state index in [2.05, 4.69) is 10.3 Å². The second-order valence-corrected chi connectivity index (χ2v) is 8.96. The van der Waals surface area contributed by atoms with Gasteiger partial charge in [-0.2, -0.15) is 0 Å². The molecule has 28 heavy (non-hydrogen) atoms. The van der Waals surface area contributed by atoms with Gasteiger partial charge in [0.2, 0.25) is 17.7 Å². The van der Waals surface area contributed by atoms with Crippen LogP contribution in [0.15, 0.2) is 0 Å². The maximum absolute atomic E-state index is 12.7. The number of esters is 1. The van der Waals surface area contributed by atoms with E-state index in [1.807, 2.05) is 13.8 Å². The van der Waals surface area contributed by atoms with E-state index in [0.29, 0.717) is 25.2 Å². The molecule has 3 rings (SSSR count). The number of hydrogen-bond donors (Lipinski definition) is 1. The second-order valence-electron chi connectivity index (χ2n) is 7.88. The molecule has 152 valence electrons. The Balaban J connectivity index is 1.69. The van der Waals surface area contributed by atoms with Crippen molar-refractivity contribution < 1.29 is 23.9 Å². The minimum absolute atomic E-state index is 0.190. The summed E-state index contributed by atoms with van der Waals surface area (Å²) in [5.41, 5.74) is -0.407. The van der Waals surface area contributed by atoms with Gasteiger partial charge in [0.1, 0.15) is 6.54 Å². The van der Waals surface area contributed by atoms with Crippen LogP contribution in [0.3, 0.4) is 0 Å². The SMILES string of the molecule is COC(=O)c1nc(NC(=O)CN2C(=O)CC3(CCCC3)C2=O)sc1CC(C)C. The van der Waals surface area contributed by atoms with Crippen LogP contribution in [0.1, 0.15) is 61.3 Å². The summed E-state index contributed by atoms with van der Waals surface area (Å²) in [4.78, 5) is 55.3. The molecule has 3 amide bonds. The number of amides is 3. The minimum atomic E-state index is -0.596. The molecule has 8 nitrogen and oxygen atoms in total. The van der Waals surface area contributed by atoms with Crippen molar-refractivity contribution in [1.29, 1.82) is 0 Å². The topological polar surface area (TPSA) is 106 Å². The zero-order chi connectivity index (χ0) is 20.5. The van der Waals surface area contributed by atoms with Crippen LogP contribution in [0.5, 0.6) is 0 Å². The lowest BCUT2D eigenvalue weighted by atomic mass is 9.84. The smallest absolute Gasteiger partial charge is 0.357 e. The number of carbonyl (C=O) groups excluding carboxylic acids is 4. The number of aromatic nitrogens is 1.